The van der Waals surface area contributed by atoms with Crippen molar-refractivity contribution < 1.29 is 9.90 Å². The van der Waals surface area contributed by atoms with Crippen LogP contribution < -0.4 is 5.32 Å². The zero-order chi connectivity index (χ0) is 13.7. The van der Waals surface area contributed by atoms with Gasteiger partial charge in [0.2, 0.25) is 0 Å². The summed E-state index contributed by atoms with van der Waals surface area (Å²) in [6.07, 6.45) is 0. The maximum absolute atomic E-state index is 11.1. The molecule has 0 aromatic heterocycles. The highest BCUT2D eigenvalue weighted by Crippen LogP contribution is 2.16. The molecule has 0 atom stereocenters. The minimum Gasteiger partial charge on any atom is -0.478 e. The summed E-state index contributed by atoms with van der Waals surface area (Å²) in [4.78, 5) is 11.1. The van der Waals surface area contributed by atoms with Gasteiger partial charge in [-0.25, -0.2) is 4.79 Å². The van der Waals surface area contributed by atoms with Gasteiger partial charge in [-0.15, -0.1) is 0 Å². The van der Waals surface area contributed by atoms with Gasteiger partial charge in [-0.3, -0.25) is 0 Å². The summed E-state index contributed by atoms with van der Waals surface area (Å²) in [5.74, 6) is -0.953. The van der Waals surface area contributed by atoms with Crippen LogP contribution in [-0.4, -0.2) is 11.1 Å². The largest absolute Gasteiger partial charge is 0.478 e. The topological polar surface area (TPSA) is 73.1 Å². The molecule has 2 aromatic rings. The number of carboxylic acids is 1. The van der Waals surface area contributed by atoms with Gasteiger partial charge in [-0.1, -0.05) is 30.3 Å². The molecule has 0 fully saturated rings. The second kappa shape index (κ2) is 5.69. The van der Waals surface area contributed by atoms with Crippen molar-refractivity contribution in [3.63, 3.8) is 0 Å². The van der Waals surface area contributed by atoms with E-state index in [1.54, 1.807) is 42.5 Å². The molecule has 0 aliphatic carbocycles. The van der Waals surface area contributed by atoms with E-state index >= 15 is 0 Å². The van der Waals surface area contributed by atoms with Crippen LogP contribution in [0, 0.1) is 11.3 Å². The van der Waals surface area contributed by atoms with Crippen LogP contribution in [0.2, 0.25) is 0 Å². The minimum absolute atomic E-state index is 0.268. The number of hydrogen-bond acceptors (Lipinski definition) is 3. The lowest BCUT2D eigenvalue weighted by Gasteiger charge is -2.10. The SMILES string of the molecule is N#Cc1ccccc1NCc1ccccc1C(=O)O. The van der Waals surface area contributed by atoms with Gasteiger partial charge in [0.05, 0.1) is 16.8 Å². The van der Waals surface area contributed by atoms with E-state index in [-0.39, 0.29) is 5.56 Å². The van der Waals surface area contributed by atoms with E-state index in [9.17, 15) is 4.79 Å². The Hall–Kier alpha value is -2.80. The van der Waals surface area contributed by atoms with Crippen molar-refractivity contribution in [2.75, 3.05) is 5.32 Å². The Morgan fingerprint density at radius 2 is 1.84 bits per heavy atom. The number of nitrogens with zero attached hydrogens (tertiary/aromatic N) is 1. The van der Waals surface area contributed by atoms with Gasteiger partial charge in [0.15, 0.2) is 0 Å². The molecule has 0 aliphatic heterocycles. The summed E-state index contributed by atoms with van der Waals surface area (Å²) in [6.45, 7) is 0.362. The Kier molecular flexibility index (Phi) is 3.79. The molecule has 0 bridgehead atoms. The highest BCUT2D eigenvalue weighted by molar-refractivity contribution is 5.89. The molecule has 94 valence electrons. The number of carboxylic acid groups (broad SMARTS) is 1. The molecule has 0 radical (unpaired) electrons. The third kappa shape index (κ3) is 2.90. The van der Waals surface area contributed by atoms with Gasteiger partial charge in [0.25, 0.3) is 0 Å². The third-order valence-corrected chi connectivity index (χ3v) is 2.76. The van der Waals surface area contributed by atoms with Gasteiger partial charge in [-0.2, -0.15) is 5.26 Å². The predicted octanol–water partition coefficient (Wildman–Crippen LogP) is 2.87. The van der Waals surface area contributed by atoms with Crippen LogP contribution in [0.15, 0.2) is 48.5 Å². The van der Waals surface area contributed by atoms with Crippen molar-refractivity contribution in [2.45, 2.75) is 6.54 Å². The fourth-order valence-electron chi connectivity index (χ4n) is 1.81. The summed E-state index contributed by atoms with van der Waals surface area (Å²) in [5, 5.41) is 21.1. The smallest absolute Gasteiger partial charge is 0.336 e. The van der Waals surface area contributed by atoms with Crippen LogP contribution in [0.1, 0.15) is 21.5 Å². The van der Waals surface area contributed by atoms with E-state index in [0.29, 0.717) is 23.4 Å². The summed E-state index contributed by atoms with van der Waals surface area (Å²) in [5.41, 5.74) is 2.19. The van der Waals surface area contributed by atoms with Crippen molar-refractivity contribution in [3.8, 4) is 6.07 Å². The first kappa shape index (κ1) is 12.7. The quantitative estimate of drug-likeness (QED) is 0.877. The molecular weight excluding hydrogens is 240 g/mol. The zero-order valence-electron chi connectivity index (χ0n) is 10.1. The number of rotatable bonds is 4. The molecule has 19 heavy (non-hydrogen) atoms. The Morgan fingerprint density at radius 3 is 2.58 bits per heavy atom. The lowest BCUT2D eigenvalue weighted by molar-refractivity contribution is 0.0696. The Balaban J connectivity index is 2.20. The predicted molar refractivity (Wildman–Crippen MR) is 71.9 cm³/mol. The first-order chi connectivity index (χ1) is 9.22. The van der Waals surface area contributed by atoms with Gasteiger partial charge >= 0.3 is 5.97 Å². The highest BCUT2D eigenvalue weighted by atomic mass is 16.4. The summed E-state index contributed by atoms with van der Waals surface area (Å²) in [6, 6.07) is 16.0. The standard InChI is InChI=1S/C15H12N2O2/c16-9-11-5-2-4-8-14(11)17-10-12-6-1-3-7-13(12)15(18)19/h1-8,17H,10H2,(H,18,19). The fourth-order valence-corrected chi connectivity index (χ4v) is 1.81. The van der Waals surface area contributed by atoms with Gasteiger partial charge in [-0.05, 0) is 23.8 Å². The lowest BCUT2D eigenvalue weighted by atomic mass is 10.1. The average molecular weight is 252 g/mol. The first-order valence-electron chi connectivity index (χ1n) is 5.76. The Morgan fingerprint density at radius 1 is 1.16 bits per heavy atom. The molecule has 2 rings (SSSR count). The molecule has 2 aromatic carbocycles. The molecule has 0 heterocycles. The molecule has 4 nitrogen and oxygen atoms in total. The maximum atomic E-state index is 11.1. The van der Waals surface area contributed by atoms with E-state index in [1.807, 2.05) is 6.07 Å². The Labute approximate surface area is 110 Å². The molecule has 0 spiro atoms. The van der Waals surface area contributed by atoms with Crippen molar-refractivity contribution >= 4 is 11.7 Å². The van der Waals surface area contributed by atoms with E-state index in [4.69, 9.17) is 10.4 Å². The number of aromatic carboxylic acids is 1. The van der Waals surface area contributed by atoms with E-state index < -0.39 is 5.97 Å². The molecule has 0 aliphatic rings. The maximum Gasteiger partial charge on any atom is 0.336 e. The zero-order valence-corrected chi connectivity index (χ0v) is 10.1. The van der Waals surface area contributed by atoms with Crippen molar-refractivity contribution in [3.05, 3.63) is 65.2 Å². The molecule has 0 amide bonds. The normalized spacial score (nSPS) is 9.63. The van der Waals surface area contributed by atoms with Gasteiger partial charge < -0.3 is 10.4 Å². The van der Waals surface area contributed by atoms with Crippen LogP contribution in [0.4, 0.5) is 5.69 Å². The Bertz CT molecular complexity index is 645. The second-order valence-corrected chi connectivity index (χ2v) is 3.97. The minimum atomic E-state index is -0.953. The number of hydrogen-bond donors (Lipinski definition) is 2. The highest BCUT2D eigenvalue weighted by Gasteiger charge is 2.09. The van der Waals surface area contributed by atoms with Crippen LogP contribution in [0.5, 0.6) is 0 Å². The molecule has 0 saturated carbocycles. The summed E-state index contributed by atoms with van der Waals surface area (Å²) in [7, 11) is 0. The van der Waals surface area contributed by atoms with E-state index in [0.717, 1.165) is 0 Å². The first-order valence-corrected chi connectivity index (χ1v) is 5.76. The van der Waals surface area contributed by atoms with Crippen molar-refractivity contribution in [2.24, 2.45) is 0 Å². The number of para-hydroxylation sites is 1. The van der Waals surface area contributed by atoms with E-state index in [1.165, 1.54) is 0 Å². The van der Waals surface area contributed by atoms with Crippen LogP contribution in [0.25, 0.3) is 0 Å². The molecule has 0 unspecified atom stereocenters. The van der Waals surface area contributed by atoms with Crippen LogP contribution in [0.3, 0.4) is 0 Å². The number of nitrogens with one attached hydrogen (secondary N) is 1. The number of anilines is 1. The van der Waals surface area contributed by atoms with Crippen LogP contribution >= 0.6 is 0 Å². The van der Waals surface area contributed by atoms with Crippen LogP contribution in [-0.2, 0) is 6.54 Å². The summed E-state index contributed by atoms with van der Waals surface area (Å²) >= 11 is 0. The lowest BCUT2D eigenvalue weighted by Crippen LogP contribution is -2.07. The second-order valence-electron chi connectivity index (χ2n) is 3.97. The molecule has 2 N–H and O–H groups in total. The summed E-state index contributed by atoms with van der Waals surface area (Å²) < 4.78 is 0. The molecular formula is C15H12N2O2. The fraction of sp³-hybridized carbons (Fsp3) is 0.0667. The third-order valence-electron chi connectivity index (χ3n) is 2.76. The van der Waals surface area contributed by atoms with Gasteiger partial charge in [0.1, 0.15) is 6.07 Å². The van der Waals surface area contributed by atoms with Crippen molar-refractivity contribution in [1.82, 2.24) is 0 Å². The number of nitriles is 1. The van der Waals surface area contributed by atoms with Gasteiger partial charge in [0, 0.05) is 6.54 Å². The number of benzene rings is 2. The number of carbonyl (C=O) groups is 1. The van der Waals surface area contributed by atoms with E-state index in [2.05, 4.69) is 11.4 Å². The average Bonchev–Trinajstić information content (AvgIpc) is 2.45. The monoisotopic (exact) mass is 252 g/mol. The molecule has 4 heteroatoms. The van der Waals surface area contributed by atoms with Crippen molar-refractivity contribution in [1.29, 1.82) is 5.26 Å². The molecule has 0 saturated heterocycles.